The maximum atomic E-state index is 13.0. The molecule has 2 amide bonds. The van der Waals surface area contributed by atoms with Crippen molar-refractivity contribution >= 4 is 17.5 Å². The van der Waals surface area contributed by atoms with Crippen LogP contribution >= 0.6 is 0 Å². The highest BCUT2D eigenvalue weighted by Gasteiger charge is 2.50. The Morgan fingerprint density at radius 1 is 1.00 bits per heavy atom. The number of carbonyl (C=O) groups is 2. The number of amides is 2. The van der Waals surface area contributed by atoms with E-state index in [4.69, 9.17) is 9.47 Å². The number of rotatable bonds is 7. The molecule has 2 N–H and O–H groups in total. The van der Waals surface area contributed by atoms with Gasteiger partial charge in [-0.05, 0) is 66.2 Å². The van der Waals surface area contributed by atoms with Crippen LogP contribution in [0.25, 0.3) is 0 Å². The van der Waals surface area contributed by atoms with Crippen molar-refractivity contribution < 1.29 is 37.3 Å². The Kier molecular flexibility index (Phi) is 8.99. The van der Waals surface area contributed by atoms with E-state index in [2.05, 4.69) is 31.0 Å². The van der Waals surface area contributed by atoms with E-state index < -0.39 is 30.3 Å². The molecule has 2 bridgehead atoms. The number of aliphatic hydroxyl groups is 1. The minimum atomic E-state index is -5.02. The van der Waals surface area contributed by atoms with Crippen LogP contribution in [0, 0.1) is 10.8 Å². The normalized spacial score (nSPS) is 31.2. The van der Waals surface area contributed by atoms with Gasteiger partial charge in [0.25, 0.3) is 0 Å². The van der Waals surface area contributed by atoms with Crippen LogP contribution in [0.15, 0.2) is 48.5 Å². The number of nitrogens with one attached hydrogen (secondary N) is 1. The second-order valence-corrected chi connectivity index (χ2v) is 14.8. The molecule has 250 valence electrons. The van der Waals surface area contributed by atoms with Crippen LogP contribution in [-0.2, 0) is 25.7 Å². The summed E-state index contributed by atoms with van der Waals surface area (Å²) in [6, 6.07) is 14.0. The predicted molar refractivity (Wildman–Crippen MR) is 165 cm³/mol. The molecule has 0 radical (unpaired) electrons. The van der Waals surface area contributed by atoms with Gasteiger partial charge in [-0.25, -0.2) is 0 Å². The van der Waals surface area contributed by atoms with Gasteiger partial charge >= 0.3 is 12.1 Å². The first-order valence-corrected chi connectivity index (χ1v) is 16.3. The summed E-state index contributed by atoms with van der Waals surface area (Å²) in [6.45, 7) is 8.84. The highest BCUT2D eigenvalue weighted by molar-refractivity contribution is 5.98. The molecule has 6 atom stereocenters. The largest absolute Gasteiger partial charge is 0.471 e. The van der Waals surface area contributed by atoms with E-state index in [1.165, 1.54) is 12.8 Å². The maximum absolute atomic E-state index is 13.0. The van der Waals surface area contributed by atoms with Gasteiger partial charge < -0.3 is 24.8 Å². The van der Waals surface area contributed by atoms with Gasteiger partial charge in [-0.15, -0.1) is 0 Å². The molecule has 3 aliphatic heterocycles. The highest BCUT2D eigenvalue weighted by atomic mass is 19.4. The van der Waals surface area contributed by atoms with Gasteiger partial charge in [-0.2, -0.15) is 13.2 Å². The number of hydrogen-bond acceptors (Lipinski definition) is 6. The van der Waals surface area contributed by atoms with Gasteiger partial charge in [0.2, 0.25) is 5.91 Å². The molecule has 8 nitrogen and oxygen atoms in total. The Morgan fingerprint density at radius 3 is 2.37 bits per heavy atom. The number of nitrogens with zero attached hydrogens (tertiary/aromatic N) is 2. The summed E-state index contributed by atoms with van der Waals surface area (Å²) >= 11 is 0. The van der Waals surface area contributed by atoms with E-state index in [1.54, 1.807) is 24.3 Å². The average Bonchev–Trinajstić information content (AvgIpc) is 3.58. The summed E-state index contributed by atoms with van der Waals surface area (Å²) in [4.78, 5) is 27.9. The molecule has 3 saturated heterocycles. The van der Waals surface area contributed by atoms with E-state index >= 15 is 0 Å². The average molecular weight is 644 g/mol. The Bertz CT molecular complexity index is 1420. The van der Waals surface area contributed by atoms with Crippen molar-refractivity contribution in [1.82, 2.24) is 9.80 Å². The quantitative estimate of drug-likeness (QED) is 0.378. The smallest absolute Gasteiger partial charge is 0.392 e. The number of carbonyl (C=O) groups excluding carboxylic acids is 2. The number of fused-ring (bicyclic) bond motifs is 2. The predicted octanol–water partition coefficient (Wildman–Crippen LogP) is 6.12. The zero-order valence-electron chi connectivity index (χ0n) is 26.7. The van der Waals surface area contributed by atoms with E-state index in [0.717, 1.165) is 36.2 Å². The highest BCUT2D eigenvalue weighted by Crippen LogP contribution is 2.53. The number of hydrogen-bond donors (Lipinski definition) is 2. The van der Waals surface area contributed by atoms with Crippen LogP contribution in [0.2, 0.25) is 0 Å². The van der Waals surface area contributed by atoms with Crippen LogP contribution in [0.4, 0.5) is 18.9 Å². The third-order valence-corrected chi connectivity index (χ3v) is 10.1. The van der Waals surface area contributed by atoms with Crippen LogP contribution < -0.4 is 5.32 Å². The molecule has 0 spiro atoms. The number of aliphatic hydroxyl groups excluding tert-OH is 1. The Balaban J connectivity index is 1.16. The zero-order chi connectivity index (χ0) is 32.9. The summed E-state index contributed by atoms with van der Waals surface area (Å²) < 4.78 is 52.2. The minimum absolute atomic E-state index is 0.0358. The molecule has 3 heterocycles. The number of benzene rings is 2. The first kappa shape index (κ1) is 32.9. The summed E-state index contributed by atoms with van der Waals surface area (Å²) in [5.41, 5.74) is 3.59. The molecular formula is C35H44F3N3O5. The first-order chi connectivity index (χ1) is 21.7. The zero-order valence-corrected chi connectivity index (χ0v) is 26.7. The number of halogens is 3. The molecule has 1 aliphatic carbocycles. The molecule has 11 heteroatoms. The lowest BCUT2D eigenvalue weighted by molar-refractivity contribution is -0.253. The lowest BCUT2D eigenvalue weighted by Gasteiger charge is -2.41. The number of ether oxygens (including phenoxy) is 2. The van der Waals surface area contributed by atoms with Crippen LogP contribution in [0.1, 0.15) is 88.4 Å². The summed E-state index contributed by atoms with van der Waals surface area (Å²) in [5, 5.41) is 12.2. The summed E-state index contributed by atoms with van der Waals surface area (Å²) in [7, 11) is 0. The molecular weight excluding hydrogens is 599 g/mol. The fraction of sp³-hybridized carbons (Fsp3) is 0.600. The van der Waals surface area contributed by atoms with Crippen LogP contribution in [0.5, 0.6) is 0 Å². The molecule has 1 saturated carbocycles. The van der Waals surface area contributed by atoms with Crippen molar-refractivity contribution in [2.75, 3.05) is 25.0 Å². The fourth-order valence-electron chi connectivity index (χ4n) is 8.48. The topological polar surface area (TPSA) is 91.3 Å². The molecule has 0 aromatic heterocycles. The standard InChI is InChI=1S/C35H44F3N3O5/c1-33(2)16-26-17-34(3,20-33)21-40(26)18-27-15-29(23-8-6-22(19-42)7-9-23)46-31(45-27)24-10-12-25(13-11-24)39-30(43)28-5-4-14-41(28)32(44)35(36,37)38/h6-13,26-29,31,42H,4-5,14-21H2,1-3H3,(H,39,43)/t26?,27-,28+,29+,31+,34?/m1/s1. The van der Waals surface area contributed by atoms with Crippen LogP contribution in [-0.4, -0.2) is 70.7 Å². The van der Waals surface area contributed by atoms with Crippen molar-refractivity contribution in [3.8, 4) is 0 Å². The minimum Gasteiger partial charge on any atom is -0.392 e. The van der Waals surface area contributed by atoms with Crippen LogP contribution in [0.3, 0.4) is 0 Å². The Labute approximate surface area is 268 Å². The van der Waals surface area contributed by atoms with Crippen molar-refractivity contribution in [2.45, 2.75) is 103 Å². The fourth-order valence-corrected chi connectivity index (χ4v) is 8.48. The van der Waals surface area contributed by atoms with Gasteiger partial charge in [0, 0.05) is 43.3 Å². The number of likely N-dealkylation sites (tertiary alicyclic amines) is 2. The monoisotopic (exact) mass is 643 g/mol. The second kappa shape index (κ2) is 12.6. The van der Waals surface area contributed by atoms with Gasteiger partial charge in [0.1, 0.15) is 6.04 Å². The van der Waals surface area contributed by atoms with Gasteiger partial charge in [0.15, 0.2) is 6.29 Å². The van der Waals surface area contributed by atoms with Gasteiger partial charge in [-0.1, -0.05) is 57.2 Å². The molecule has 6 rings (SSSR count). The maximum Gasteiger partial charge on any atom is 0.471 e. The van der Waals surface area contributed by atoms with E-state index in [9.17, 15) is 27.9 Å². The van der Waals surface area contributed by atoms with E-state index in [-0.39, 0.29) is 31.8 Å². The Hall–Kier alpha value is -2.99. The molecule has 2 aromatic carbocycles. The van der Waals surface area contributed by atoms with E-state index in [1.807, 2.05) is 24.3 Å². The second-order valence-electron chi connectivity index (χ2n) is 14.8. The summed E-state index contributed by atoms with van der Waals surface area (Å²) in [6.07, 6.45) is -1.26. The van der Waals surface area contributed by atoms with Crippen molar-refractivity contribution in [3.05, 3.63) is 65.2 Å². The van der Waals surface area contributed by atoms with Crippen molar-refractivity contribution in [1.29, 1.82) is 0 Å². The number of alkyl halides is 3. The lowest BCUT2D eigenvalue weighted by Crippen LogP contribution is -2.48. The van der Waals surface area contributed by atoms with Crippen molar-refractivity contribution in [2.24, 2.45) is 10.8 Å². The van der Waals surface area contributed by atoms with Crippen molar-refractivity contribution in [3.63, 3.8) is 0 Å². The number of anilines is 1. The molecule has 2 aromatic rings. The summed E-state index contributed by atoms with van der Waals surface area (Å²) in [5.74, 6) is -2.63. The molecule has 4 fully saturated rings. The van der Waals surface area contributed by atoms with E-state index in [0.29, 0.717) is 40.3 Å². The lowest BCUT2D eigenvalue weighted by atomic mass is 9.65. The molecule has 4 aliphatic rings. The third kappa shape index (κ3) is 7.12. The molecule has 2 unspecified atom stereocenters. The van der Waals surface area contributed by atoms with Gasteiger partial charge in [-0.3, -0.25) is 14.5 Å². The van der Waals surface area contributed by atoms with Gasteiger partial charge in [0.05, 0.1) is 18.8 Å². The Morgan fingerprint density at radius 2 is 1.70 bits per heavy atom. The first-order valence-electron chi connectivity index (χ1n) is 16.3. The molecule has 46 heavy (non-hydrogen) atoms. The SMILES string of the molecule is CC1(C)CC2CC(C)(CN2C[C@H]2C[C@@H](c3ccc(CO)cc3)O[C@@H](c3ccc(NC(=O)[C@@H]4CCCN4C(=O)C(F)(F)F)cc3)O2)C1. The third-order valence-electron chi connectivity index (χ3n) is 10.1.